The minimum atomic E-state index is -0.983. The van der Waals surface area contributed by atoms with Gasteiger partial charge in [0.05, 0.1) is 7.11 Å². The van der Waals surface area contributed by atoms with Crippen LogP contribution in [-0.2, 0) is 9.53 Å². The molecule has 2 atom stereocenters. The van der Waals surface area contributed by atoms with E-state index in [1.807, 2.05) is 12.2 Å². The zero-order valence-corrected chi connectivity index (χ0v) is 8.92. The molecule has 5 heteroatoms. The van der Waals surface area contributed by atoms with Crippen LogP contribution in [-0.4, -0.2) is 42.3 Å². The Bertz CT molecular complexity index is 387. The van der Waals surface area contributed by atoms with Gasteiger partial charge in [0.15, 0.2) is 0 Å². The van der Waals surface area contributed by atoms with Gasteiger partial charge in [-0.1, -0.05) is 24.3 Å². The summed E-state index contributed by atoms with van der Waals surface area (Å²) in [7, 11) is 1.30. The first-order chi connectivity index (χ1) is 7.60. The Hall–Kier alpha value is -1.78. The van der Waals surface area contributed by atoms with Crippen LogP contribution in [0.3, 0.4) is 0 Å². The Morgan fingerprint density at radius 1 is 1.50 bits per heavy atom. The molecule has 1 aliphatic heterocycles. The van der Waals surface area contributed by atoms with Crippen molar-refractivity contribution in [3.05, 3.63) is 24.3 Å². The van der Waals surface area contributed by atoms with Crippen LogP contribution >= 0.6 is 0 Å². The molecular formula is C11H13NO4. The maximum atomic E-state index is 11.4. The number of methoxy groups -OCH3 is 1. The first-order valence-electron chi connectivity index (χ1n) is 5.02. The molecule has 2 unspecified atom stereocenters. The van der Waals surface area contributed by atoms with Gasteiger partial charge in [-0.15, -0.1) is 0 Å². The van der Waals surface area contributed by atoms with E-state index in [-0.39, 0.29) is 12.5 Å². The van der Waals surface area contributed by atoms with Crippen molar-refractivity contribution in [2.24, 2.45) is 11.3 Å². The van der Waals surface area contributed by atoms with Crippen molar-refractivity contribution in [1.29, 1.82) is 0 Å². The fourth-order valence-corrected chi connectivity index (χ4v) is 2.30. The van der Waals surface area contributed by atoms with E-state index in [1.54, 1.807) is 12.2 Å². The molecule has 86 valence electrons. The van der Waals surface area contributed by atoms with Crippen LogP contribution in [0, 0.1) is 11.3 Å². The lowest BCUT2D eigenvalue weighted by molar-refractivity contribution is -0.146. The number of hydrogen-bond acceptors (Lipinski definition) is 3. The summed E-state index contributed by atoms with van der Waals surface area (Å²) in [5, 5.41) is 9.31. The van der Waals surface area contributed by atoms with Gasteiger partial charge >= 0.3 is 12.1 Å². The minimum Gasteiger partial charge on any atom is -0.481 e. The van der Waals surface area contributed by atoms with Gasteiger partial charge in [-0.2, -0.15) is 0 Å². The number of carboxylic acid groups (broad SMARTS) is 1. The lowest BCUT2D eigenvalue weighted by atomic mass is 9.75. The molecule has 1 fully saturated rings. The standard InChI is InChI=1S/C11H13NO4/c1-16-10(15)12-6-8-4-2-3-5-11(8,7-12)9(13)14/h2-5,8H,6-7H2,1H3,(H,13,14). The largest absolute Gasteiger partial charge is 0.481 e. The molecule has 0 spiro atoms. The number of nitrogens with zero attached hydrogens (tertiary/aromatic N) is 1. The Morgan fingerprint density at radius 2 is 2.25 bits per heavy atom. The number of fused-ring (bicyclic) bond motifs is 1. The minimum absolute atomic E-state index is 0.167. The van der Waals surface area contributed by atoms with Gasteiger partial charge in [0.2, 0.25) is 0 Å². The summed E-state index contributed by atoms with van der Waals surface area (Å²) in [6.45, 7) is 0.556. The molecule has 0 aromatic rings. The highest BCUT2D eigenvalue weighted by atomic mass is 16.5. The van der Waals surface area contributed by atoms with Crippen molar-refractivity contribution in [3.63, 3.8) is 0 Å². The zero-order valence-electron chi connectivity index (χ0n) is 8.92. The van der Waals surface area contributed by atoms with Crippen molar-refractivity contribution in [2.45, 2.75) is 0 Å². The molecule has 0 aromatic heterocycles. The SMILES string of the molecule is COC(=O)N1CC2C=CC=CC2(C(=O)O)C1. The van der Waals surface area contributed by atoms with Gasteiger partial charge < -0.3 is 14.7 Å². The van der Waals surface area contributed by atoms with Crippen molar-refractivity contribution in [3.8, 4) is 0 Å². The molecule has 1 heterocycles. The molecule has 2 rings (SSSR count). The fraction of sp³-hybridized carbons (Fsp3) is 0.455. The fourth-order valence-electron chi connectivity index (χ4n) is 2.30. The summed E-state index contributed by atoms with van der Waals surface area (Å²) >= 11 is 0. The molecule has 5 nitrogen and oxygen atoms in total. The average molecular weight is 223 g/mol. The summed E-state index contributed by atoms with van der Waals surface area (Å²) in [5.41, 5.74) is -0.983. The highest BCUT2D eigenvalue weighted by molar-refractivity contribution is 5.81. The number of hydrogen-bond donors (Lipinski definition) is 1. The Kier molecular flexibility index (Phi) is 2.46. The van der Waals surface area contributed by atoms with E-state index in [1.165, 1.54) is 12.0 Å². The molecule has 16 heavy (non-hydrogen) atoms. The van der Waals surface area contributed by atoms with Gasteiger partial charge in [0, 0.05) is 19.0 Å². The van der Waals surface area contributed by atoms with Crippen LogP contribution in [0.4, 0.5) is 4.79 Å². The summed E-state index contributed by atoms with van der Waals surface area (Å²) in [6, 6.07) is 0. The monoisotopic (exact) mass is 223 g/mol. The van der Waals surface area contributed by atoms with Crippen LogP contribution in [0.2, 0.25) is 0 Å². The van der Waals surface area contributed by atoms with E-state index in [4.69, 9.17) is 0 Å². The molecule has 1 N–H and O–H groups in total. The smallest absolute Gasteiger partial charge is 0.409 e. The second-order valence-corrected chi connectivity index (χ2v) is 4.05. The van der Waals surface area contributed by atoms with Crippen LogP contribution in [0.25, 0.3) is 0 Å². The topological polar surface area (TPSA) is 66.8 Å². The molecular weight excluding hydrogens is 210 g/mol. The lowest BCUT2D eigenvalue weighted by Gasteiger charge is -2.26. The molecule has 0 radical (unpaired) electrons. The average Bonchev–Trinajstić information content (AvgIpc) is 2.68. The van der Waals surface area contributed by atoms with Gasteiger partial charge in [0.25, 0.3) is 0 Å². The summed E-state index contributed by atoms with van der Waals surface area (Å²) in [5.74, 6) is -1.07. The van der Waals surface area contributed by atoms with Crippen LogP contribution < -0.4 is 0 Å². The number of aliphatic carboxylic acids is 1. The summed E-state index contributed by atoms with van der Waals surface area (Å²) in [6.07, 6.45) is 6.54. The number of ether oxygens (including phenoxy) is 1. The summed E-state index contributed by atoms with van der Waals surface area (Å²) < 4.78 is 4.61. The van der Waals surface area contributed by atoms with E-state index in [9.17, 15) is 14.7 Å². The molecule has 0 bridgehead atoms. The Balaban J connectivity index is 2.29. The summed E-state index contributed by atoms with van der Waals surface area (Å²) in [4.78, 5) is 24.2. The van der Waals surface area contributed by atoms with Gasteiger partial charge in [-0.3, -0.25) is 4.79 Å². The third kappa shape index (κ3) is 1.39. The van der Waals surface area contributed by atoms with Crippen LogP contribution in [0.1, 0.15) is 0 Å². The number of carbonyl (C=O) groups is 2. The second-order valence-electron chi connectivity index (χ2n) is 4.05. The predicted molar refractivity (Wildman–Crippen MR) is 55.8 cm³/mol. The Labute approximate surface area is 93.0 Å². The quantitative estimate of drug-likeness (QED) is 0.716. The number of amides is 1. The third-order valence-electron chi connectivity index (χ3n) is 3.21. The van der Waals surface area contributed by atoms with Gasteiger partial charge in [-0.05, 0) is 0 Å². The van der Waals surface area contributed by atoms with Crippen molar-refractivity contribution >= 4 is 12.1 Å². The van der Waals surface area contributed by atoms with Crippen molar-refractivity contribution < 1.29 is 19.4 Å². The van der Waals surface area contributed by atoms with E-state index in [2.05, 4.69) is 4.74 Å². The maximum Gasteiger partial charge on any atom is 0.409 e. The van der Waals surface area contributed by atoms with Crippen molar-refractivity contribution in [1.82, 2.24) is 4.90 Å². The number of carbonyl (C=O) groups excluding carboxylic acids is 1. The molecule has 2 aliphatic rings. The van der Waals surface area contributed by atoms with E-state index >= 15 is 0 Å². The predicted octanol–water partition coefficient (Wildman–Crippen LogP) is 0.882. The molecule has 1 aliphatic carbocycles. The number of rotatable bonds is 1. The number of likely N-dealkylation sites (tertiary alicyclic amines) is 1. The van der Waals surface area contributed by atoms with E-state index in [0.29, 0.717) is 6.54 Å². The highest BCUT2D eigenvalue weighted by Crippen LogP contribution is 2.40. The number of allylic oxidation sites excluding steroid dienone is 2. The highest BCUT2D eigenvalue weighted by Gasteiger charge is 2.51. The van der Waals surface area contributed by atoms with Gasteiger partial charge in [0.1, 0.15) is 5.41 Å². The second kappa shape index (κ2) is 3.66. The normalized spacial score (nSPS) is 31.3. The lowest BCUT2D eigenvalue weighted by Crippen LogP contribution is -2.38. The van der Waals surface area contributed by atoms with E-state index < -0.39 is 17.5 Å². The van der Waals surface area contributed by atoms with Crippen LogP contribution in [0.5, 0.6) is 0 Å². The Morgan fingerprint density at radius 3 is 2.81 bits per heavy atom. The molecule has 1 saturated heterocycles. The number of carboxylic acids is 1. The first kappa shape index (κ1) is 10.7. The zero-order chi connectivity index (χ0) is 11.8. The molecule has 0 aromatic carbocycles. The van der Waals surface area contributed by atoms with E-state index in [0.717, 1.165) is 0 Å². The van der Waals surface area contributed by atoms with Crippen molar-refractivity contribution in [2.75, 3.05) is 20.2 Å². The maximum absolute atomic E-state index is 11.4. The van der Waals surface area contributed by atoms with Crippen LogP contribution in [0.15, 0.2) is 24.3 Å². The van der Waals surface area contributed by atoms with Gasteiger partial charge in [-0.25, -0.2) is 4.79 Å². The molecule has 0 saturated carbocycles. The first-order valence-corrected chi connectivity index (χ1v) is 5.02. The third-order valence-corrected chi connectivity index (χ3v) is 3.21. The molecule has 1 amide bonds.